The third-order valence-corrected chi connectivity index (χ3v) is 5.87. The predicted octanol–water partition coefficient (Wildman–Crippen LogP) is 4.29. The van der Waals surface area contributed by atoms with E-state index >= 15 is 0 Å². The lowest BCUT2D eigenvalue weighted by Gasteiger charge is -2.26. The Hall–Kier alpha value is -1.96. The Labute approximate surface area is 174 Å². The van der Waals surface area contributed by atoms with Crippen molar-refractivity contribution in [2.24, 2.45) is 0 Å². The molecule has 1 aliphatic carbocycles. The van der Waals surface area contributed by atoms with E-state index in [-0.39, 0.29) is 12.4 Å². The summed E-state index contributed by atoms with van der Waals surface area (Å²) in [5.41, 5.74) is 2.34. The largest absolute Gasteiger partial charge is 0.339 e. The van der Waals surface area contributed by atoms with Crippen LogP contribution in [0.15, 0.2) is 28.8 Å². The molecule has 0 saturated heterocycles. The summed E-state index contributed by atoms with van der Waals surface area (Å²) >= 11 is 6.39. The molecule has 0 radical (unpaired) electrons. The predicted molar refractivity (Wildman–Crippen MR) is 107 cm³/mol. The number of aryl methyl sites for hydroxylation is 1. The zero-order chi connectivity index (χ0) is 18.4. The minimum Gasteiger partial charge on any atom is -0.339 e. The lowest BCUT2D eigenvalue weighted by Crippen LogP contribution is -2.17. The molecule has 1 saturated carbocycles. The Morgan fingerprint density at radius 3 is 2.54 bits per heavy atom. The van der Waals surface area contributed by atoms with Crippen molar-refractivity contribution in [3.05, 3.63) is 53.2 Å². The number of nitrogens with zero attached hydrogens (tertiary/aromatic N) is 6. The van der Waals surface area contributed by atoms with Gasteiger partial charge in [0.25, 0.3) is 0 Å². The highest BCUT2D eigenvalue weighted by Crippen LogP contribution is 2.40. The Morgan fingerprint density at radius 1 is 1.04 bits per heavy atom. The summed E-state index contributed by atoms with van der Waals surface area (Å²) in [5, 5.41) is 13.0. The molecule has 0 unspecified atom stereocenters. The summed E-state index contributed by atoms with van der Waals surface area (Å²) in [4.78, 5) is 4.41. The van der Waals surface area contributed by atoms with Crippen molar-refractivity contribution in [2.75, 3.05) is 0 Å². The summed E-state index contributed by atoms with van der Waals surface area (Å²) < 4.78 is 9.37. The molecule has 0 N–H and O–H groups in total. The second-order valence-corrected chi connectivity index (χ2v) is 7.92. The Kier molecular flexibility index (Phi) is 5.40. The van der Waals surface area contributed by atoms with Crippen molar-refractivity contribution < 1.29 is 4.52 Å². The van der Waals surface area contributed by atoms with Gasteiger partial charge < -0.3 is 4.52 Å². The summed E-state index contributed by atoms with van der Waals surface area (Å²) in [5.74, 6) is 4.15. The number of para-hydroxylation sites is 1. The van der Waals surface area contributed by atoms with Crippen LogP contribution in [-0.2, 0) is 13.1 Å². The number of benzene rings is 1. The maximum Gasteiger partial charge on any atom is 0.229 e. The van der Waals surface area contributed by atoms with Gasteiger partial charge >= 0.3 is 0 Å². The van der Waals surface area contributed by atoms with E-state index in [0.717, 1.165) is 48.9 Å². The first-order chi connectivity index (χ1) is 13.2. The zero-order valence-electron chi connectivity index (χ0n) is 15.6. The normalized spacial score (nSPS) is 22.1. The van der Waals surface area contributed by atoms with Crippen LogP contribution in [0.2, 0.25) is 0 Å². The molecule has 0 amide bonds. The number of hydrogen-bond acceptors (Lipinski definition) is 6. The second kappa shape index (κ2) is 7.81. The van der Waals surface area contributed by atoms with Gasteiger partial charge in [-0.3, -0.25) is 4.57 Å². The van der Waals surface area contributed by atoms with E-state index in [0.29, 0.717) is 30.7 Å². The van der Waals surface area contributed by atoms with Gasteiger partial charge in [-0.2, -0.15) is 4.98 Å². The molecule has 148 valence electrons. The Bertz CT molecular complexity index is 963. The fraction of sp³-hybridized carbons (Fsp3) is 0.474. The molecule has 7 nitrogen and oxygen atoms in total. The van der Waals surface area contributed by atoms with E-state index in [1.807, 2.05) is 6.92 Å². The molecule has 28 heavy (non-hydrogen) atoms. The summed E-state index contributed by atoms with van der Waals surface area (Å²) in [6.45, 7) is 3.14. The highest BCUT2D eigenvalue weighted by Gasteiger charge is 2.32. The minimum atomic E-state index is 0. The number of aromatic nitrogens is 5. The van der Waals surface area contributed by atoms with E-state index < -0.39 is 0 Å². The fourth-order valence-electron chi connectivity index (χ4n) is 4.29. The second-order valence-electron chi connectivity index (χ2n) is 7.45. The van der Waals surface area contributed by atoms with Crippen LogP contribution in [0.5, 0.6) is 0 Å². The van der Waals surface area contributed by atoms with Crippen molar-refractivity contribution in [3.63, 3.8) is 0 Å². The SMILES string of the molecule is Cc1noc(C2CCC(c3nnc4n3-c3ccccc3CN(Cl)C4)CC2)n1.Cl. The molecule has 1 aromatic carbocycles. The third-order valence-electron chi connectivity index (χ3n) is 5.63. The molecule has 5 rings (SSSR count). The van der Waals surface area contributed by atoms with Gasteiger partial charge in [0, 0.05) is 18.4 Å². The first-order valence-electron chi connectivity index (χ1n) is 9.42. The van der Waals surface area contributed by atoms with Crippen LogP contribution in [0.3, 0.4) is 0 Å². The molecule has 1 fully saturated rings. The highest BCUT2D eigenvalue weighted by atomic mass is 35.5. The number of hydrogen-bond donors (Lipinski definition) is 0. The number of halogens is 2. The molecule has 3 heterocycles. The van der Waals surface area contributed by atoms with Gasteiger partial charge in [-0.05, 0) is 56.0 Å². The number of fused-ring (bicyclic) bond motifs is 3. The topological polar surface area (TPSA) is 72.9 Å². The first kappa shape index (κ1) is 19.4. The van der Waals surface area contributed by atoms with Crippen molar-refractivity contribution >= 4 is 24.2 Å². The lowest BCUT2D eigenvalue weighted by molar-refractivity contribution is 0.295. The third kappa shape index (κ3) is 3.43. The van der Waals surface area contributed by atoms with Crippen LogP contribution in [0.25, 0.3) is 5.69 Å². The molecule has 0 atom stereocenters. The smallest absolute Gasteiger partial charge is 0.229 e. The van der Waals surface area contributed by atoms with Gasteiger partial charge in [-0.15, -0.1) is 22.6 Å². The molecular weight excluding hydrogens is 399 g/mol. The van der Waals surface area contributed by atoms with Crippen LogP contribution in [0.1, 0.15) is 66.4 Å². The van der Waals surface area contributed by atoms with Crippen LogP contribution < -0.4 is 0 Å². The number of rotatable bonds is 2. The average molecular weight is 421 g/mol. The molecule has 3 aromatic rings. The van der Waals surface area contributed by atoms with E-state index in [9.17, 15) is 0 Å². The van der Waals surface area contributed by atoms with Crippen molar-refractivity contribution in [1.29, 1.82) is 0 Å². The van der Waals surface area contributed by atoms with E-state index in [1.165, 1.54) is 5.56 Å². The quantitative estimate of drug-likeness (QED) is 0.575. The van der Waals surface area contributed by atoms with Gasteiger partial charge in [0.2, 0.25) is 5.89 Å². The van der Waals surface area contributed by atoms with Gasteiger partial charge in [-0.1, -0.05) is 23.4 Å². The monoisotopic (exact) mass is 420 g/mol. The Morgan fingerprint density at radius 2 is 1.79 bits per heavy atom. The molecule has 0 bridgehead atoms. The van der Waals surface area contributed by atoms with Crippen LogP contribution in [0, 0.1) is 6.92 Å². The van der Waals surface area contributed by atoms with Gasteiger partial charge in [-0.25, -0.2) is 4.42 Å². The molecule has 9 heteroatoms. The molecular formula is C19H22Cl2N6O. The maximum atomic E-state index is 6.39. The van der Waals surface area contributed by atoms with Crippen molar-refractivity contribution in [3.8, 4) is 5.69 Å². The average Bonchev–Trinajstić information content (AvgIpc) is 3.25. The minimum absolute atomic E-state index is 0. The maximum absolute atomic E-state index is 6.39. The van der Waals surface area contributed by atoms with Gasteiger partial charge in [0.15, 0.2) is 11.6 Å². The standard InChI is InChI=1S/C19H21ClN6O.ClH/c1-12-21-19(27-24-12)14-8-6-13(7-9-14)18-23-22-17-11-25(20)10-15-4-2-3-5-16(15)26(17)18;/h2-5,13-14H,6-11H2,1H3;1H. The Balaban J connectivity index is 0.00000192. The zero-order valence-corrected chi connectivity index (χ0v) is 17.2. The summed E-state index contributed by atoms with van der Waals surface area (Å²) in [7, 11) is 0. The fourth-order valence-corrected chi connectivity index (χ4v) is 4.53. The van der Waals surface area contributed by atoms with E-state index in [4.69, 9.17) is 16.3 Å². The first-order valence-corrected chi connectivity index (χ1v) is 9.76. The van der Waals surface area contributed by atoms with E-state index in [2.05, 4.69) is 49.2 Å². The van der Waals surface area contributed by atoms with Gasteiger partial charge in [0.1, 0.15) is 5.82 Å². The van der Waals surface area contributed by atoms with Crippen LogP contribution in [-0.4, -0.2) is 29.3 Å². The van der Waals surface area contributed by atoms with Crippen LogP contribution in [0.4, 0.5) is 0 Å². The summed E-state index contributed by atoms with van der Waals surface area (Å²) in [6, 6.07) is 8.37. The lowest BCUT2D eigenvalue weighted by atomic mass is 9.81. The molecule has 2 aromatic heterocycles. The van der Waals surface area contributed by atoms with E-state index in [1.54, 1.807) is 4.42 Å². The molecule has 0 spiro atoms. The van der Waals surface area contributed by atoms with Crippen LogP contribution >= 0.6 is 24.2 Å². The summed E-state index contributed by atoms with van der Waals surface area (Å²) in [6.07, 6.45) is 4.13. The van der Waals surface area contributed by atoms with Crippen molar-refractivity contribution in [2.45, 2.75) is 57.5 Å². The molecule has 1 aliphatic heterocycles. The van der Waals surface area contributed by atoms with Gasteiger partial charge in [0.05, 0.1) is 12.2 Å². The highest BCUT2D eigenvalue weighted by molar-refractivity contribution is 6.13. The van der Waals surface area contributed by atoms with Crippen molar-refractivity contribution in [1.82, 2.24) is 29.3 Å². The molecule has 2 aliphatic rings.